The zero-order chi connectivity index (χ0) is 15.2. The highest BCUT2D eigenvalue weighted by Crippen LogP contribution is 2.12. The van der Waals surface area contributed by atoms with Crippen molar-refractivity contribution >= 4 is 5.91 Å². The number of aromatic amines is 1. The van der Waals surface area contributed by atoms with Gasteiger partial charge in [-0.15, -0.1) is 0 Å². The van der Waals surface area contributed by atoms with Crippen molar-refractivity contribution < 1.29 is 13.6 Å². The molecular formula is C15H17F2N3O. The summed E-state index contributed by atoms with van der Waals surface area (Å²) in [4.78, 5) is 11.7. The number of nitrogens with zero attached hydrogens (tertiary/aromatic N) is 1. The van der Waals surface area contributed by atoms with Crippen LogP contribution in [0.2, 0.25) is 0 Å². The largest absolute Gasteiger partial charge is 0.356 e. The molecule has 0 saturated heterocycles. The van der Waals surface area contributed by atoms with E-state index in [9.17, 15) is 13.6 Å². The van der Waals surface area contributed by atoms with Crippen molar-refractivity contribution in [1.29, 1.82) is 0 Å². The fourth-order valence-corrected chi connectivity index (χ4v) is 2.06. The highest BCUT2D eigenvalue weighted by atomic mass is 19.1. The molecule has 1 heterocycles. The van der Waals surface area contributed by atoms with Gasteiger partial charge < -0.3 is 5.32 Å². The van der Waals surface area contributed by atoms with E-state index >= 15 is 0 Å². The van der Waals surface area contributed by atoms with Crippen LogP contribution in [0.4, 0.5) is 8.78 Å². The molecule has 0 atom stereocenters. The van der Waals surface area contributed by atoms with Crippen LogP contribution in [0.1, 0.15) is 23.2 Å². The topological polar surface area (TPSA) is 57.8 Å². The molecule has 0 spiro atoms. The lowest BCUT2D eigenvalue weighted by molar-refractivity contribution is -0.120. The van der Waals surface area contributed by atoms with E-state index in [-0.39, 0.29) is 17.9 Å². The molecule has 1 aromatic carbocycles. The number of carbonyl (C=O) groups is 1. The Bertz CT molecular complexity index is 605. The predicted octanol–water partition coefficient (Wildman–Crippen LogP) is 2.29. The maximum atomic E-state index is 13.4. The molecule has 0 aliphatic rings. The van der Waals surface area contributed by atoms with E-state index in [4.69, 9.17) is 0 Å². The van der Waals surface area contributed by atoms with Gasteiger partial charge in [0, 0.05) is 17.8 Å². The van der Waals surface area contributed by atoms with Gasteiger partial charge in [0.05, 0.1) is 12.6 Å². The third kappa shape index (κ3) is 4.11. The van der Waals surface area contributed by atoms with Gasteiger partial charge >= 0.3 is 0 Å². The minimum Gasteiger partial charge on any atom is -0.356 e. The van der Waals surface area contributed by atoms with Gasteiger partial charge in [-0.05, 0) is 37.5 Å². The lowest BCUT2D eigenvalue weighted by Gasteiger charge is -2.07. The number of hydrogen-bond acceptors (Lipinski definition) is 2. The lowest BCUT2D eigenvalue weighted by atomic mass is 10.1. The van der Waals surface area contributed by atoms with Crippen LogP contribution in [0.15, 0.2) is 24.4 Å². The van der Waals surface area contributed by atoms with Gasteiger partial charge in [0.1, 0.15) is 11.6 Å². The van der Waals surface area contributed by atoms with Crippen LogP contribution in [0.5, 0.6) is 0 Å². The Kier molecular flexibility index (Phi) is 5.03. The molecule has 0 radical (unpaired) electrons. The first-order chi connectivity index (χ1) is 10.1. The van der Waals surface area contributed by atoms with Crippen LogP contribution in [0.3, 0.4) is 0 Å². The second kappa shape index (κ2) is 6.97. The maximum Gasteiger partial charge on any atom is 0.224 e. The second-order valence-electron chi connectivity index (χ2n) is 4.85. The second-order valence-corrected chi connectivity index (χ2v) is 4.85. The van der Waals surface area contributed by atoms with E-state index in [0.717, 1.165) is 36.2 Å². The number of halogens is 2. The SMILES string of the molecule is Cc1[nH]ncc1CCCNC(=O)Cc1c(F)cccc1F. The molecule has 0 saturated carbocycles. The van der Waals surface area contributed by atoms with Gasteiger partial charge in [-0.3, -0.25) is 9.89 Å². The fraction of sp³-hybridized carbons (Fsp3) is 0.333. The highest BCUT2D eigenvalue weighted by Gasteiger charge is 2.12. The van der Waals surface area contributed by atoms with Crippen molar-refractivity contribution in [3.05, 3.63) is 52.9 Å². The highest BCUT2D eigenvalue weighted by molar-refractivity contribution is 5.78. The van der Waals surface area contributed by atoms with Crippen molar-refractivity contribution in [2.45, 2.75) is 26.2 Å². The average Bonchev–Trinajstić information content (AvgIpc) is 2.85. The Labute approximate surface area is 121 Å². The lowest BCUT2D eigenvalue weighted by Crippen LogP contribution is -2.27. The minimum absolute atomic E-state index is 0.194. The summed E-state index contributed by atoms with van der Waals surface area (Å²) in [7, 11) is 0. The molecule has 21 heavy (non-hydrogen) atoms. The number of rotatable bonds is 6. The van der Waals surface area contributed by atoms with E-state index in [1.165, 1.54) is 6.07 Å². The fourth-order valence-electron chi connectivity index (χ4n) is 2.06. The van der Waals surface area contributed by atoms with Gasteiger partial charge in [0.15, 0.2) is 0 Å². The Morgan fingerprint density at radius 1 is 1.33 bits per heavy atom. The first-order valence-corrected chi connectivity index (χ1v) is 6.76. The summed E-state index contributed by atoms with van der Waals surface area (Å²) >= 11 is 0. The Hall–Kier alpha value is -2.24. The number of benzene rings is 1. The summed E-state index contributed by atoms with van der Waals surface area (Å²) in [6.45, 7) is 2.39. The summed E-state index contributed by atoms with van der Waals surface area (Å²) < 4.78 is 26.8. The summed E-state index contributed by atoms with van der Waals surface area (Å²) in [5.74, 6) is -1.78. The third-order valence-corrected chi connectivity index (χ3v) is 3.28. The Morgan fingerprint density at radius 2 is 2.05 bits per heavy atom. The van der Waals surface area contributed by atoms with Crippen LogP contribution >= 0.6 is 0 Å². The molecular weight excluding hydrogens is 276 g/mol. The monoisotopic (exact) mass is 293 g/mol. The van der Waals surface area contributed by atoms with Gasteiger partial charge in [-0.25, -0.2) is 8.78 Å². The normalized spacial score (nSPS) is 10.6. The Morgan fingerprint density at radius 3 is 2.67 bits per heavy atom. The van der Waals surface area contributed by atoms with Crippen LogP contribution in [-0.4, -0.2) is 22.6 Å². The van der Waals surface area contributed by atoms with Gasteiger partial charge in [0.2, 0.25) is 5.91 Å². The quantitative estimate of drug-likeness (QED) is 0.803. The minimum atomic E-state index is -0.695. The zero-order valence-corrected chi connectivity index (χ0v) is 11.7. The van der Waals surface area contributed by atoms with E-state index in [0.29, 0.717) is 6.54 Å². The van der Waals surface area contributed by atoms with Crippen LogP contribution < -0.4 is 5.32 Å². The van der Waals surface area contributed by atoms with Gasteiger partial charge in [-0.2, -0.15) is 5.10 Å². The van der Waals surface area contributed by atoms with Gasteiger partial charge in [-0.1, -0.05) is 6.07 Å². The number of amides is 1. The molecule has 6 heteroatoms. The summed E-state index contributed by atoms with van der Waals surface area (Å²) in [6, 6.07) is 3.57. The van der Waals surface area contributed by atoms with E-state index in [1.807, 2.05) is 6.92 Å². The summed E-state index contributed by atoms with van der Waals surface area (Å²) in [6.07, 6.45) is 3.00. The van der Waals surface area contributed by atoms with Crippen LogP contribution in [-0.2, 0) is 17.6 Å². The Balaban J connectivity index is 1.76. The molecule has 2 aromatic rings. The standard InChI is InChI=1S/C15H17F2N3O/c1-10-11(9-19-20-10)4-3-7-18-15(21)8-12-13(16)5-2-6-14(12)17/h2,5-6,9H,3-4,7-8H2,1H3,(H,18,21)(H,19,20). The number of hydrogen-bond donors (Lipinski definition) is 2. The zero-order valence-electron chi connectivity index (χ0n) is 11.7. The number of aryl methyl sites for hydroxylation is 2. The molecule has 112 valence electrons. The van der Waals surface area contributed by atoms with E-state index < -0.39 is 11.6 Å². The van der Waals surface area contributed by atoms with Crippen molar-refractivity contribution in [2.24, 2.45) is 0 Å². The molecule has 0 aliphatic carbocycles. The third-order valence-electron chi connectivity index (χ3n) is 3.28. The number of carbonyl (C=O) groups excluding carboxylic acids is 1. The van der Waals surface area contributed by atoms with E-state index in [1.54, 1.807) is 6.20 Å². The molecule has 1 aromatic heterocycles. The molecule has 2 N–H and O–H groups in total. The van der Waals surface area contributed by atoms with Crippen molar-refractivity contribution in [2.75, 3.05) is 6.54 Å². The summed E-state index contributed by atoms with van der Waals surface area (Å²) in [5.41, 5.74) is 1.92. The molecule has 1 amide bonds. The molecule has 4 nitrogen and oxygen atoms in total. The number of H-pyrrole nitrogens is 1. The first kappa shape index (κ1) is 15.2. The molecule has 2 rings (SSSR count). The van der Waals surface area contributed by atoms with Crippen LogP contribution in [0.25, 0.3) is 0 Å². The summed E-state index contributed by atoms with van der Waals surface area (Å²) in [5, 5.41) is 9.42. The number of nitrogens with one attached hydrogen (secondary N) is 2. The predicted molar refractivity (Wildman–Crippen MR) is 74.7 cm³/mol. The molecule has 0 bridgehead atoms. The molecule has 0 aliphatic heterocycles. The van der Waals surface area contributed by atoms with Crippen molar-refractivity contribution in [1.82, 2.24) is 15.5 Å². The van der Waals surface area contributed by atoms with Gasteiger partial charge in [0.25, 0.3) is 0 Å². The number of aromatic nitrogens is 2. The maximum absolute atomic E-state index is 13.4. The van der Waals surface area contributed by atoms with Crippen molar-refractivity contribution in [3.8, 4) is 0 Å². The van der Waals surface area contributed by atoms with Crippen LogP contribution in [0, 0.1) is 18.6 Å². The first-order valence-electron chi connectivity index (χ1n) is 6.76. The molecule has 0 fully saturated rings. The van der Waals surface area contributed by atoms with E-state index in [2.05, 4.69) is 15.5 Å². The smallest absolute Gasteiger partial charge is 0.224 e. The average molecular weight is 293 g/mol. The van der Waals surface area contributed by atoms with Crippen molar-refractivity contribution in [3.63, 3.8) is 0 Å². The molecule has 0 unspecified atom stereocenters.